The van der Waals surface area contributed by atoms with Gasteiger partial charge in [-0.1, -0.05) is 19.9 Å². The molecule has 3 unspecified atom stereocenters. The van der Waals surface area contributed by atoms with E-state index in [0.29, 0.717) is 12.3 Å². The molecular formula is C15H21F2NO. The van der Waals surface area contributed by atoms with Gasteiger partial charge in [-0.25, -0.2) is 8.78 Å². The molecule has 0 radical (unpaired) electrons. The van der Waals surface area contributed by atoms with Crippen molar-refractivity contribution < 1.29 is 13.5 Å². The second-order valence-electron chi connectivity index (χ2n) is 5.22. The molecule has 0 amide bonds. The first-order valence-electron chi connectivity index (χ1n) is 6.90. The minimum atomic E-state index is -0.797. The van der Waals surface area contributed by atoms with Crippen molar-refractivity contribution in [3.63, 3.8) is 0 Å². The van der Waals surface area contributed by atoms with Crippen LogP contribution in [-0.2, 0) is 11.2 Å². The van der Waals surface area contributed by atoms with E-state index >= 15 is 0 Å². The molecule has 1 aliphatic heterocycles. The van der Waals surface area contributed by atoms with E-state index in [-0.39, 0.29) is 12.1 Å². The van der Waals surface area contributed by atoms with Crippen LogP contribution >= 0.6 is 0 Å². The fraction of sp³-hybridized carbons (Fsp3) is 0.600. The van der Waals surface area contributed by atoms with Crippen LogP contribution in [0.1, 0.15) is 25.8 Å². The summed E-state index contributed by atoms with van der Waals surface area (Å²) < 4.78 is 32.0. The average molecular weight is 269 g/mol. The molecule has 0 bridgehead atoms. The lowest BCUT2D eigenvalue weighted by Gasteiger charge is -2.27. The molecule has 0 saturated carbocycles. The van der Waals surface area contributed by atoms with Gasteiger partial charge in [0, 0.05) is 12.6 Å². The number of benzene rings is 1. The van der Waals surface area contributed by atoms with Crippen LogP contribution in [0.4, 0.5) is 8.78 Å². The third-order valence-corrected chi connectivity index (χ3v) is 3.75. The normalized spacial score (nSPS) is 24.6. The maximum Gasteiger partial charge on any atom is 0.159 e. The zero-order valence-electron chi connectivity index (χ0n) is 11.5. The van der Waals surface area contributed by atoms with Gasteiger partial charge in [0.1, 0.15) is 0 Å². The van der Waals surface area contributed by atoms with E-state index in [9.17, 15) is 8.78 Å². The predicted octanol–water partition coefficient (Wildman–Crippen LogP) is 2.91. The Morgan fingerprint density at radius 3 is 2.74 bits per heavy atom. The summed E-state index contributed by atoms with van der Waals surface area (Å²) in [6, 6.07) is 4.25. The van der Waals surface area contributed by atoms with Crippen LogP contribution in [-0.4, -0.2) is 25.3 Å². The predicted molar refractivity (Wildman–Crippen MR) is 71.0 cm³/mol. The summed E-state index contributed by atoms with van der Waals surface area (Å²) >= 11 is 0. The Morgan fingerprint density at radius 2 is 2.16 bits per heavy atom. The molecule has 3 atom stereocenters. The maximum absolute atomic E-state index is 13.2. The Kier molecular flexibility index (Phi) is 4.88. The van der Waals surface area contributed by atoms with Crippen LogP contribution in [0, 0.1) is 17.6 Å². The first-order chi connectivity index (χ1) is 9.11. The van der Waals surface area contributed by atoms with E-state index in [2.05, 4.69) is 12.2 Å². The standard InChI is InChI=1S/C15H21F2NO/c1-3-18-14(15-10(2)6-7-19-15)9-11-4-5-12(16)13(17)8-11/h4-5,8,10,14-15,18H,3,6-7,9H2,1-2H3. The van der Waals surface area contributed by atoms with Crippen molar-refractivity contribution in [2.45, 2.75) is 38.8 Å². The highest BCUT2D eigenvalue weighted by molar-refractivity contribution is 5.19. The molecule has 0 aliphatic carbocycles. The van der Waals surface area contributed by atoms with Crippen LogP contribution < -0.4 is 5.32 Å². The molecule has 2 nitrogen and oxygen atoms in total. The first-order valence-corrected chi connectivity index (χ1v) is 6.90. The van der Waals surface area contributed by atoms with Crippen LogP contribution in [0.3, 0.4) is 0 Å². The van der Waals surface area contributed by atoms with Crippen LogP contribution in [0.2, 0.25) is 0 Å². The summed E-state index contributed by atoms with van der Waals surface area (Å²) in [5, 5.41) is 3.40. The SMILES string of the molecule is CCNC(Cc1ccc(F)c(F)c1)C1OCCC1C. The second kappa shape index (κ2) is 6.44. The van der Waals surface area contributed by atoms with Gasteiger partial charge in [0.2, 0.25) is 0 Å². The summed E-state index contributed by atoms with van der Waals surface area (Å²) in [6.07, 6.45) is 1.86. The van der Waals surface area contributed by atoms with Gasteiger partial charge in [-0.3, -0.25) is 0 Å². The molecule has 19 heavy (non-hydrogen) atoms. The number of hydrogen-bond donors (Lipinski definition) is 1. The Balaban J connectivity index is 2.09. The monoisotopic (exact) mass is 269 g/mol. The van der Waals surface area contributed by atoms with Crippen molar-refractivity contribution in [3.05, 3.63) is 35.4 Å². The van der Waals surface area contributed by atoms with E-state index in [1.54, 1.807) is 6.07 Å². The lowest BCUT2D eigenvalue weighted by atomic mass is 9.93. The number of hydrogen-bond acceptors (Lipinski definition) is 2. The Labute approximate surface area is 113 Å². The van der Waals surface area contributed by atoms with Crippen molar-refractivity contribution in [3.8, 4) is 0 Å². The number of ether oxygens (including phenoxy) is 1. The quantitative estimate of drug-likeness (QED) is 0.887. The summed E-state index contributed by atoms with van der Waals surface area (Å²) in [6.45, 7) is 5.83. The summed E-state index contributed by atoms with van der Waals surface area (Å²) in [4.78, 5) is 0. The molecule has 1 saturated heterocycles. The fourth-order valence-corrected chi connectivity index (χ4v) is 2.72. The van der Waals surface area contributed by atoms with Gasteiger partial charge in [0.15, 0.2) is 11.6 Å². The largest absolute Gasteiger partial charge is 0.376 e. The van der Waals surface area contributed by atoms with E-state index in [1.807, 2.05) is 6.92 Å². The van der Waals surface area contributed by atoms with Crippen molar-refractivity contribution in [1.29, 1.82) is 0 Å². The summed E-state index contributed by atoms with van der Waals surface area (Å²) in [5.41, 5.74) is 0.799. The average Bonchev–Trinajstić information content (AvgIpc) is 2.79. The van der Waals surface area contributed by atoms with Crippen molar-refractivity contribution in [1.82, 2.24) is 5.32 Å². The molecular weight excluding hydrogens is 248 g/mol. The molecule has 2 rings (SSSR count). The number of nitrogens with one attached hydrogen (secondary N) is 1. The van der Waals surface area contributed by atoms with Gasteiger partial charge in [-0.2, -0.15) is 0 Å². The highest BCUT2D eigenvalue weighted by Gasteiger charge is 2.31. The first kappa shape index (κ1) is 14.4. The van der Waals surface area contributed by atoms with E-state index < -0.39 is 11.6 Å². The molecule has 106 valence electrons. The Hall–Kier alpha value is -1.00. The highest BCUT2D eigenvalue weighted by Crippen LogP contribution is 2.25. The summed E-state index contributed by atoms with van der Waals surface area (Å²) in [5.74, 6) is -1.09. The van der Waals surface area contributed by atoms with Gasteiger partial charge < -0.3 is 10.1 Å². The zero-order chi connectivity index (χ0) is 13.8. The van der Waals surface area contributed by atoms with E-state index in [4.69, 9.17) is 4.74 Å². The third-order valence-electron chi connectivity index (χ3n) is 3.75. The van der Waals surface area contributed by atoms with Gasteiger partial charge in [-0.15, -0.1) is 0 Å². The topological polar surface area (TPSA) is 21.3 Å². The van der Waals surface area contributed by atoms with E-state index in [1.165, 1.54) is 12.1 Å². The molecule has 1 N–H and O–H groups in total. The van der Waals surface area contributed by atoms with Gasteiger partial charge in [-0.05, 0) is 43.0 Å². The Bertz CT molecular complexity index is 425. The molecule has 1 heterocycles. The van der Waals surface area contributed by atoms with Crippen molar-refractivity contribution >= 4 is 0 Å². The van der Waals surface area contributed by atoms with Crippen molar-refractivity contribution in [2.75, 3.05) is 13.2 Å². The third kappa shape index (κ3) is 3.51. The molecule has 1 aromatic rings. The summed E-state index contributed by atoms with van der Waals surface area (Å²) in [7, 11) is 0. The van der Waals surface area contributed by atoms with Crippen LogP contribution in [0.25, 0.3) is 0 Å². The highest BCUT2D eigenvalue weighted by atomic mass is 19.2. The van der Waals surface area contributed by atoms with Crippen LogP contribution in [0.15, 0.2) is 18.2 Å². The Morgan fingerprint density at radius 1 is 1.37 bits per heavy atom. The number of rotatable bonds is 5. The van der Waals surface area contributed by atoms with Gasteiger partial charge in [0.25, 0.3) is 0 Å². The fourth-order valence-electron chi connectivity index (χ4n) is 2.72. The van der Waals surface area contributed by atoms with Crippen molar-refractivity contribution in [2.24, 2.45) is 5.92 Å². The molecule has 0 spiro atoms. The smallest absolute Gasteiger partial charge is 0.159 e. The lowest BCUT2D eigenvalue weighted by molar-refractivity contribution is 0.0615. The maximum atomic E-state index is 13.2. The molecule has 4 heteroatoms. The second-order valence-corrected chi connectivity index (χ2v) is 5.22. The van der Waals surface area contributed by atoms with Gasteiger partial charge >= 0.3 is 0 Å². The zero-order valence-corrected chi connectivity index (χ0v) is 11.5. The molecule has 1 aliphatic rings. The molecule has 1 fully saturated rings. The minimum absolute atomic E-state index is 0.146. The van der Waals surface area contributed by atoms with E-state index in [0.717, 1.165) is 25.1 Å². The van der Waals surface area contributed by atoms with Gasteiger partial charge in [0.05, 0.1) is 6.10 Å². The number of halogens is 2. The van der Waals surface area contributed by atoms with Crippen LogP contribution in [0.5, 0.6) is 0 Å². The minimum Gasteiger partial charge on any atom is -0.376 e. The molecule has 0 aromatic heterocycles. The molecule has 1 aromatic carbocycles. The lowest BCUT2D eigenvalue weighted by Crippen LogP contribution is -2.43. The number of likely N-dealkylation sites (N-methyl/N-ethyl adjacent to an activating group) is 1.